The monoisotopic (exact) mass is 420 g/mol. The maximum absolute atomic E-state index is 13.6. The number of nitrogens with one attached hydrogen (secondary N) is 1. The molecule has 2 aromatic heterocycles. The van der Waals surface area contributed by atoms with E-state index in [1.54, 1.807) is 30.6 Å². The van der Waals surface area contributed by atoms with E-state index < -0.39 is 0 Å². The van der Waals surface area contributed by atoms with Gasteiger partial charge in [-0.05, 0) is 59.3 Å². The number of H-pyrrole nitrogens is 1. The second kappa shape index (κ2) is 7.61. The SMILES string of the molecule is COc1ccc2[nH]c3c(c2c1)CCN(C(=O)Cc1cccs1)C3c1ccc(F)cc1. The lowest BCUT2D eigenvalue weighted by Gasteiger charge is -2.36. The predicted octanol–water partition coefficient (Wildman–Crippen LogP) is 5.09. The molecule has 0 bridgehead atoms. The number of rotatable bonds is 4. The molecule has 0 saturated carbocycles. The minimum atomic E-state index is -0.285. The number of hydrogen-bond acceptors (Lipinski definition) is 3. The first-order valence-corrected chi connectivity index (χ1v) is 10.8. The molecule has 1 N–H and O–H groups in total. The van der Waals surface area contributed by atoms with Gasteiger partial charge in [0.25, 0.3) is 0 Å². The summed E-state index contributed by atoms with van der Waals surface area (Å²) in [4.78, 5) is 19.8. The predicted molar refractivity (Wildman–Crippen MR) is 117 cm³/mol. The van der Waals surface area contributed by atoms with E-state index in [-0.39, 0.29) is 17.8 Å². The van der Waals surface area contributed by atoms with Gasteiger partial charge in [-0.2, -0.15) is 0 Å². The van der Waals surface area contributed by atoms with E-state index in [0.29, 0.717) is 13.0 Å². The normalized spacial score (nSPS) is 15.9. The summed E-state index contributed by atoms with van der Waals surface area (Å²) < 4.78 is 19.0. The van der Waals surface area contributed by atoms with Crippen LogP contribution in [0.15, 0.2) is 60.0 Å². The molecule has 30 heavy (non-hydrogen) atoms. The van der Waals surface area contributed by atoms with Crippen molar-refractivity contribution in [1.29, 1.82) is 0 Å². The standard InChI is InChI=1S/C24H21FN2O2S/c1-29-17-8-9-21-20(13-17)19-10-11-27(22(28)14-18-3-2-12-30-18)24(23(19)26-21)15-4-6-16(25)7-5-15/h2-9,12-13,24,26H,10-11,14H2,1H3. The van der Waals surface area contributed by atoms with E-state index in [1.165, 1.54) is 17.7 Å². The number of amides is 1. The molecule has 1 unspecified atom stereocenters. The van der Waals surface area contributed by atoms with E-state index >= 15 is 0 Å². The maximum atomic E-state index is 13.6. The number of halogens is 1. The lowest BCUT2D eigenvalue weighted by atomic mass is 9.92. The number of fused-ring (bicyclic) bond motifs is 3. The first kappa shape index (κ1) is 18.9. The van der Waals surface area contributed by atoms with Gasteiger partial charge in [0.1, 0.15) is 11.6 Å². The first-order chi connectivity index (χ1) is 14.6. The number of aromatic amines is 1. The highest BCUT2D eigenvalue weighted by molar-refractivity contribution is 7.10. The summed E-state index contributed by atoms with van der Waals surface area (Å²) in [5.41, 5.74) is 4.10. The summed E-state index contributed by atoms with van der Waals surface area (Å²) in [5.74, 6) is 0.597. The zero-order valence-electron chi connectivity index (χ0n) is 16.5. The molecule has 1 amide bonds. The van der Waals surface area contributed by atoms with Crippen LogP contribution < -0.4 is 4.74 Å². The molecule has 1 atom stereocenters. The van der Waals surface area contributed by atoms with Crippen LogP contribution in [0.4, 0.5) is 4.39 Å². The molecule has 4 aromatic rings. The Morgan fingerprint density at radius 1 is 1.23 bits per heavy atom. The van der Waals surface area contributed by atoms with Crippen LogP contribution >= 0.6 is 11.3 Å². The van der Waals surface area contributed by atoms with Gasteiger partial charge in [-0.15, -0.1) is 11.3 Å². The van der Waals surface area contributed by atoms with Crippen molar-refractivity contribution in [3.05, 3.63) is 87.5 Å². The number of benzene rings is 2. The molecule has 6 heteroatoms. The lowest BCUT2D eigenvalue weighted by Crippen LogP contribution is -2.41. The van der Waals surface area contributed by atoms with Crippen molar-refractivity contribution < 1.29 is 13.9 Å². The number of hydrogen-bond donors (Lipinski definition) is 1. The zero-order chi connectivity index (χ0) is 20.7. The van der Waals surface area contributed by atoms with Crippen LogP contribution in [0.3, 0.4) is 0 Å². The Morgan fingerprint density at radius 2 is 2.07 bits per heavy atom. The molecular weight excluding hydrogens is 399 g/mol. The van der Waals surface area contributed by atoms with E-state index in [1.807, 2.05) is 40.6 Å². The van der Waals surface area contributed by atoms with Gasteiger partial charge in [-0.3, -0.25) is 4.79 Å². The summed E-state index contributed by atoms with van der Waals surface area (Å²) in [6.45, 7) is 0.614. The van der Waals surface area contributed by atoms with Crippen LogP contribution in [0, 0.1) is 5.82 Å². The number of thiophene rings is 1. The maximum Gasteiger partial charge on any atom is 0.228 e. The average Bonchev–Trinajstić information content (AvgIpc) is 3.40. The Morgan fingerprint density at radius 3 is 2.80 bits per heavy atom. The number of ether oxygens (including phenoxy) is 1. The van der Waals surface area contributed by atoms with Gasteiger partial charge in [0.2, 0.25) is 5.91 Å². The second-order valence-electron chi connectivity index (χ2n) is 7.48. The largest absolute Gasteiger partial charge is 0.497 e. The van der Waals surface area contributed by atoms with E-state index in [9.17, 15) is 9.18 Å². The van der Waals surface area contributed by atoms with Crippen molar-refractivity contribution >= 4 is 28.1 Å². The molecule has 0 saturated heterocycles. The van der Waals surface area contributed by atoms with Crippen molar-refractivity contribution in [3.8, 4) is 5.75 Å². The number of methoxy groups -OCH3 is 1. The molecule has 0 radical (unpaired) electrons. The van der Waals surface area contributed by atoms with Gasteiger partial charge >= 0.3 is 0 Å². The molecule has 1 aliphatic heterocycles. The highest BCUT2D eigenvalue weighted by Crippen LogP contribution is 2.39. The number of nitrogens with zero attached hydrogens (tertiary/aromatic N) is 1. The Labute approximate surface area is 177 Å². The number of carbonyl (C=O) groups is 1. The Balaban J connectivity index is 1.61. The second-order valence-corrected chi connectivity index (χ2v) is 8.51. The van der Waals surface area contributed by atoms with Crippen LogP contribution in [-0.2, 0) is 17.6 Å². The zero-order valence-corrected chi connectivity index (χ0v) is 17.3. The fraction of sp³-hybridized carbons (Fsp3) is 0.208. The Bertz CT molecular complexity index is 1200. The van der Waals surface area contributed by atoms with Gasteiger partial charge < -0.3 is 14.6 Å². The number of carbonyl (C=O) groups excluding carboxylic acids is 1. The van der Waals surface area contributed by atoms with Crippen LogP contribution in [-0.4, -0.2) is 29.4 Å². The molecule has 1 aliphatic rings. The van der Waals surface area contributed by atoms with Crippen molar-refractivity contribution in [1.82, 2.24) is 9.88 Å². The topological polar surface area (TPSA) is 45.3 Å². The van der Waals surface area contributed by atoms with Crippen molar-refractivity contribution in [3.63, 3.8) is 0 Å². The van der Waals surface area contributed by atoms with Crippen molar-refractivity contribution in [2.24, 2.45) is 0 Å². The van der Waals surface area contributed by atoms with Crippen LogP contribution in [0.2, 0.25) is 0 Å². The Hall–Kier alpha value is -3.12. The van der Waals surface area contributed by atoms with Gasteiger partial charge in [0.15, 0.2) is 0 Å². The van der Waals surface area contributed by atoms with Crippen molar-refractivity contribution in [2.45, 2.75) is 18.9 Å². The summed E-state index contributed by atoms with van der Waals surface area (Å²) in [6.07, 6.45) is 1.13. The van der Waals surface area contributed by atoms with E-state index in [2.05, 4.69) is 4.98 Å². The summed E-state index contributed by atoms with van der Waals surface area (Å²) >= 11 is 1.59. The summed E-state index contributed by atoms with van der Waals surface area (Å²) in [5, 5.41) is 3.10. The third-order valence-electron chi connectivity index (χ3n) is 5.75. The minimum absolute atomic E-state index is 0.0775. The van der Waals surface area contributed by atoms with Crippen LogP contribution in [0.25, 0.3) is 10.9 Å². The molecule has 4 nitrogen and oxygen atoms in total. The van der Waals surface area contributed by atoms with Crippen LogP contribution in [0.5, 0.6) is 5.75 Å². The highest BCUT2D eigenvalue weighted by Gasteiger charge is 2.34. The van der Waals surface area contributed by atoms with Gasteiger partial charge in [0.05, 0.1) is 19.6 Å². The fourth-order valence-corrected chi connectivity index (χ4v) is 5.01. The molecule has 0 fully saturated rings. The molecule has 0 aliphatic carbocycles. The van der Waals surface area contributed by atoms with Gasteiger partial charge in [-0.1, -0.05) is 18.2 Å². The third kappa shape index (κ3) is 3.27. The summed E-state index contributed by atoms with van der Waals surface area (Å²) in [7, 11) is 1.66. The quantitative estimate of drug-likeness (QED) is 0.500. The minimum Gasteiger partial charge on any atom is -0.497 e. The first-order valence-electron chi connectivity index (χ1n) is 9.90. The number of aromatic nitrogens is 1. The smallest absolute Gasteiger partial charge is 0.228 e. The van der Waals surface area contributed by atoms with E-state index in [0.717, 1.165) is 39.2 Å². The fourth-order valence-electron chi connectivity index (χ4n) is 4.32. The molecule has 0 spiro atoms. The summed E-state index contributed by atoms with van der Waals surface area (Å²) in [6, 6.07) is 16.1. The Kier molecular flexibility index (Phi) is 4.79. The van der Waals surface area contributed by atoms with Crippen LogP contribution in [0.1, 0.15) is 27.7 Å². The molecule has 5 rings (SSSR count). The van der Waals surface area contributed by atoms with E-state index in [4.69, 9.17) is 4.74 Å². The molecule has 152 valence electrons. The lowest BCUT2D eigenvalue weighted by molar-refractivity contribution is -0.132. The van der Waals surface area contributed by atoms with Crippen molar-refractivity contribution in [2.75, 3.05) is 13.7 Å². The third-order valence-corrected chi connectivity index (χ3v) is 6.62. The van der Waals surface area contributed by atoms with Gasteiger partial charge in [0, 0.05) is 28.0 Å². The highest BCUT2D eigenvalue weighted by atomic mass is 32.1. The van der Waals surface area contributed by atoms with Gasteiger partial charge in [-0.25, -0.2) is 4.39 Å². The molecular formula is C24H21FN2O2S. The average molecular weight is 421 g/mol. The molecule has 2 aromatic carbocycles. The molecule has 3 heterocycles.